The van der Waals surface area contributed by atoms with Crippen molar-refractivity contribution in [2.24, 2.45) is 5.90 Å². The van der Waals surface area contributed by atoms with Crippen LogP contribution in [0.1, 0.15) is 5.56 Å². The van der Waals surface area contributed by atoms with Gasteiger partial charge in [-0.3, -0.25) is 4.84 Å². The van der Waals surface area contributed by atoms with E-state index in [1.807, 2.05) is 0 Å². The fourth-order valence-electron chi connectivity index (χ4n) is 0.929. The maximum Gasteiger partial charge on any atom is 0.175 e. The summed E-state index contributed by atoms with van der Waals surface area (Å²) in [5.41, 5.74) is 0.843. The first-order valence-electron chi connectivity index (χ1n) is 3.65. The number of benzene rings is 1. The van der Waals surface area contributed by atoms with Crippen LogP contribution >= 0.6 is 0 Å². The number of hydrogen-bond donors (Lipinski definition) is 1. The second kappa shape index (κ2) is 3.87. The van der Waals surface area contributed by atoms with Gasteiger partial charge in [-0.2, -0.15) is 0 Å². The molecule has 0 amide bonds. The van der Waals surface area contributed by atoms with Crippen LogP contribution in [0.4, 0.5) is 0 Å². The molecule has 4 nitrogen and oxygen atoms in total. The van der Waals surface area contributed by atoms with Gasteiger partial charge in [-0.05, 0) is 17.7 Å². The van der Waals surface area contributed by atoms with Gasteiger partial charge in [-0.25, -0.2) is 14.3 Å². The van der Waals surface area contributed by atoms with E-state index in [2.05, 4.69) is 4.84 Å². The summed E-state index contributed by atoms with van der Waals surface area (Å²) in [6.45, 7) is 0.282. The first-order chi connectivity index (χ1) is 6.04. The van der Waals surface area contributed by atoms with Crippen molar-refractivity contribution in [1.29, 1.82) is 0 Å². The quantitative estimate of drug-likeness (QED) is 0.722. The van der Waals surface area contributed by atoms with Crippen molar-refractivity contribution in [3.63, 3.8) is 0 Å². The van der Waals surface area contributed by atoms with Gasteiger partial charge in [0.25, 0.3) is 0 Å². The van der Waals surface area contributed by atoms with Crippen molar-refractivity contribution >= 4 is 9.84 Å². The van der Waals surface area contributed by atoms with Crippen LogP contribution in [0.5, 0.6) is 0 Å². The maximum atomic E-state index is 11.0. The Kier molecular flexibility index (Phi) is 3.02. The summed E-state index contributed by atoms with van der Waals surface area (Å²) in [6.07, 6.45) is 1.17. The van der Waals surface area contributed by atoms with Gasteiger partial charge >= 0.3 is 0 Å². The SMILES string of the molecule is CS(=O)(=O)c1ccc(CON)cc1. The van der Waals surface area contributed by atoms with Crippen LogP contribution in [0.2, 0.25) is 0 Å². The van der Waals surface area contributed by atoms with Crippen molar-refractivity contribution < 1.29 is 13.3 Å². The minimum atomic E-state index is -3.11. The summed E-state index contributed by atoms with van der Waals surface area (Å²) in [6, 6.07) is 6.40. The molecule has 1 rings (SSSR count). The van der Waals surface area contributed by atoms with E-state index in [0.717, 1.165) is 5.56 Å². The van der Waals surface area contributed by atoms with Crippen LogP contribution in [-0.4, -0.2) is 14.7 Å². The van der Waals surface area contributed by atoms with Crippen molar-refractivity contribution in [2.75, 3.05) is 6.26 Å². The van der Waals surface area contributed by atoms with Crippen LogP contribution in [0, 0.1) is 0 Å². The van der Waals surface area contributed by atoms with Crippen LogP contribution in [0.15, 0.2) is 29.2 Å². The van der Waals surface area contributed by atoms with Crippen LogP contribution in [0.3, 0.4) is 0 Å². The zero-order chi connectivity index (χ0) is 9.90. The molecular weight excluding hydrogens is 190 g/mol. The third-order valence-electron chi connectivity index (χ3n) is 1.60. The highest BCUT2D eigenvalue weighted by atomic mass is 32.2. The Hall–Kier alpha value is -0.910. The molecule has 0 aliphatic rings. The smallest absolute Gasteiger partial charge is 0.175 e. The summed E-state index contributed by atoms with van der Waals surface area (Å²) >= 11 is 0. The summed E-state index contributed by atoms with van der Waals surface area (Å²) < 4.78 is 22.1. The normalized spacial score (nSPS) is 11.5. The average Bonchev–Trinajstić information content (AvgIpc) is 2.04. The molecule has 0 unspecified atom stereocenters. The van der Waals surface area contributed by atoms with Gasteiger partial charge < -0.3 is 0 Å². The standard InChI is InChI=1S/C8H11NO3S/c1-13(10,11)8-4-2-7(3-5-8)6-12-9/h2-5H,6,9H2,1H3. The molecule has 0 aliphatic heterocycles. The number of nitrogens with two attached hydrogens (primary N) is 1. The molecule has 0 spiro atoms. The molecule has 0 aromatic heterocycles. The zero-order valence-electron chi connectivity index (χ0n) is 7.23. The first kappa shape index (κ1) is 10.2. The Morgan fingerprint density at radius 2 is 1.85 bits per heavy atom. The molecule has 0 saturated heterocycles. The third kappa shape index (κ3) is 2.80. The molecule has 0 fully saturated rings. The van der Waals surface area contributed by atoms with E-state index in [4.69, 9.17) is 5.90 Å². The van der Waals surface area contributed by atoms with Gasteiger partial charge in [0.05, 0.1) is 11.5 Å². The molecule has 0 heterocycles. The molecule has 5 heteroatoms. The van der Waals surface area contributed by atoms with Crippen LogP contribution in [-0.2, 0) is 21.3 Å². The molecule has 72 valence electrons. The van der Waals surface area contributed by atoms with Crippen molar-refractivity contribution in [3.8, 4) is 0 Å². The molecule has 0 atom stereocenters. The van der Waals surface area contributed by atoms with E-state index in [-0.39, 0.29) is 6.61 Å². The van der Waals surface area contributed by atoms with Gasteiger partial charge in [0.15, 0.2) is 9.84 Å². The predicted molar refractivity (Wildman–Crippen MR) is 48.5 cm³/mol. The van der Waals surface area contributed by atoms with Gasteiger partial charge in [0.1, 0.15) is 0 Å². The lowest BCUT2D eigenvalue weighted by Gasteiger charge is -2.00. The van der Waals surface area contributed by atoms with E-state index < -0.39 is 9.84 Å². The van der Waals surface area contributed by atoms with Crippen molar-refractivity contribution in [3.05, 3.63) is 29.8 Å². The highest BCUT2D eigenvalue weighted by Crippen LogP contribution is 2.10. The van der Waals surface area contributed by atoms with Crippen LogP contribution in [0.25, 0.3) is 0 Å². The fraction of sp³-hybridized carbons (Fsp3) is 0.250. The van der Waals surface area contributed by atoms with E-state index in [9.17, 15) is 8.42 Å². The summed E-state index contributed by atoms with van der Waals surface area (Å²) in [7, 11) is -3.11. The lowest BCUT2D eigenvalue weighted by Crippen LogP contribution is -2.00. The second-order valence-electron chi connectivity index (χ2n) is 2.73. The Morgan fingerprint density at radius 3 is 2.23 bits per heavy atom. The Morgan fingerprint density at radius 1 is 1.31 bits per heavy atom. The first-order valence-corrected chi connectivity index (χ1v) is 5.54. The molecule has 13 heavy (non-hydrogen) atoms. The summed E-state index contributed by atoms with van der Waals surface area (Å²) in [4.78, 5) is 4.70. The molecular formula is C8H11NO3S. The van der Waals surface area contributed by atoms with Gasteiger partial charge in [-0.1, -0.05) is 12.1 Å². The molecule has 0 bridgehead atoms. The predicted octanol–water partition coefficient (Wildman–Crippen LogP) is 0.480. The lowest BCUT2D eigenvalue weighted by molar-refractivity contribution is 0.124. The number of hydrogen-bond acceptors (Lipinski definition) is 4. The zero-order valence-corrected chi connectivity index (χ0v) is 8.04. The summed E-state index contributed by atoms with van der Waals surface area (Å²) in [5.74, 6) is 4.87. The van der Waals surface area contributed by atoms with Crippen molar-refractivity contribution in [2.45, 2.75) is 11.5 Å². The summed E-state index contributed by atoms with van der Waals surface area (Å²) in [5, 5.41) is 0. The Labute approximate surface area is 77.2 Å². The second-order valence-corrected chi connectivity index (χ2v) is 4.74. The van der Waals surface area contributed by atoms with E-state index in [1.165, 1.54) is 18.4 Å². The molecule has 2 N–H and O–H groups in total. The Balaban J connectivity index is 2.94. The largest absolute Gasteiger partial charge is 0.300 e. The monoisotopic (exact) mass is 201 g/mol. The van der Waals surface area contributed by atoms with Gasteiger partial charge in [0, 0.05) is 6.26 Å². The molecule has 1 aromatic rings. The van der Waals surface area contributed by atoms with E-state index in [0.29, 0.717) is 4.90 Å². The molecule has 1 aromatic carbocycles. The topological polar surface area (TPSA) is 69.4 Å². The van der Waals surface area contributed by atoms with Gasteiger partial charge in [0.2, 0.25) is 0 Å². The van der Waals surface area contributed by atoms with Gasteiger partial charge in [-0.15, -0.1) is 0 Å². The minimum absolute atomic E-state index is 0.282. The van der Waals surface area contributed by atoms with E-state index >= 15 is 0 Å². The third-order valence-corrected chi connectivity index (χ3v) is 2.73. The fourth-order valence-corrected chi connectivity index (χ4v) is 1.56. The number of sulfone groups is 1. The minimum Gasteiger partial charge on any atom is -0.300 e. The molecule has 0 radical (unpaired) electrons. The molecule has 0 saturated carbocycles. The highest BCUT2D eigenvalue weighted by molar-refractivity contribution is 7.90. The highest BCUT2D eigenvalue weighted by Gasteiger charge is 2.05. The molecule has 0 aliphatic carbocycles. The maximum absolute atomic E-state index is 11.0. The Bertz CT molecular complexity index is 369. The van der Waals surface area contributed by atoms with Crippen LogP contribution < -0.4 is 5.90 Å². The number of rotatable bonds is 3. The lowest BCUT2D eigenvalue weighted by atomic mass is 10.2. The average molecular weight is 201 g/mol. The van der Waals surface area contributed by atoms with E-state index in [1.54, 1.807) is 12.1 Å². The van der Waals surface area contributed by atoms with Crippen molar-refractivity contribution in [1.82, 2.24) is 0 Å².